The topological polar surface area (TPSA) is 95.4 Å². The first-order chi connectivity index (χ1) is 9.16. The lowest BCUT2D eigenvalue weighted by atomic mass is 10.3. The van der Waals surface area contributed by atoms with Gasteiger partial charge in [0.2, 0.25) is 0 Å². The lowest BCUT2D eigenvalue weighted by Crippen LogP contribution is -2.42. The number of rotatable bonds is 6. The van der Waals surface area contributed by atoms with Gasteiger partial charge in [0.1, 0.15) is 6.33 Å². The normalized spacial score (nSPS) is 13.9. The highest BCUT2D eigenvalue weighted by Gasteiger charge is 2.32. The molecule has 1 saturated carbocycles. The van der Waals surface area contributed by atoms with Gasteiger partial charge in [-0.05, 0) is 18.9 Å². The minimum atomic E-state index is -0.894. The van der Waals surface area contributed by atoms with E-state index in [4.69, 9.17) is 5.11 Å². The van der Waals surface area contributed by atoms with E-state index < -0.39 is 5.97 Å². The molecule has 102 valence electrons. The molecule has 0 saturated heterocycles. The molecule has 1 aliphatic carbocycles. The summed E-state index contributed by atoms with van der Waals surface area (Å²) in [7, 11) is 0. The first kappa shape index (κ1) is 13.3. The zero-order chi connectivity index (χ0) is 13.7. The van der Waals surface area contributed by atoms with Crippen molar-refractivity contribution in [3.8, 4) is 0 Å². The van der Waals surface area contributed by atoms with E-state index in [-0.39, 0.29) is 25.0 Å². The summed E-state index contributed by atoms with van der Waals surface area (Å²) in [6.45, 7) is 0.563. The Balaban J connectivity index is 1.83. The molecule has 1 aromatic heterocycles. The Labute approximate surface area is 110 Å². The van der Waals surface area contributed by atoms with E-state index in [0.717, 1.165) is 18.5 Å². The van der Waals surface area contributed by atoms with Crippen LogP contribution >= 0.6 is 0 Å². The summed E-state index contributed by atoms with van der Waals surface area (Å²) in [5, 5.41) is 11.4. The third-order valence-electron chi connectivity index (χ3n) is 2.88. The quantitative estimate of drug-likeness (QED) is 0.785. The third-order valence-corrected chi connectivity index (χ3v) is 2.88. The van der Waals surface area contributed by atoms with Gasteiger partial charge in [-0.3, -0.25) is 4.79 Å². The Morgan fingerprint density at radius 2 is 2.26 bits per heavy atom. The van der Waals surface area contributed by atoms with Crippen molar-refractivity contribution in [3.63, 3.8) is 0 Å². The summed E-state index contributed by atoms with van der Waals surface area (Å²) >= 11 is 0. The predicted molar refractivity (Wildman–Crippen MR) is 66.2 cm³/mol. The molecule has 2 N–H and O–H groups in total. The molecule has 7 nitrogen and oxygen atoms in total. The van der Waals surface area contributed by atoms with E-state index in [1.807, 2.05) is 0 Å². The van der Waals surface area contributed by atoms with Gasteiger partial charge in [0, 0.05) is 18.8 Å². The summed E-state index contributed by atoms with van der Waals surface area (Å²) in [5.41, 5.74) is 0.720. The second kappa shape index (κ2) is 6.12. The van der Waals surface area contributed by atoms with E-state index in [1.54, 1.807) is 17.2 Å². The molecule has 1 heterocycles. The van der Waals surface area contributed by atoms with Crippen LogP contribution in [0.3, 0.4) is 0 Å². The molecule has 2 amide bonds. The average Bonchev–Trinajstić information content (AvgIpc) is 3.22. The van der Waals surface area contributed by atoms with Crippen LogP contribution in [0, 0.1) is 0 Å². The van der Waals surface area contributed by atoms with Gasteiger partial charge >= 0.3 is 12.0 Å². The van der Waals surface area contributed by atoms with Gasteiger partial charge in [-0.25, -0.2) is 14.8 Å². The summed E-state index contributed by atoms with van der Waals surface area (Å²) in [5.74, 6) is -0.894. The Morgan fingerprint density at radius 1 is 1.47 bits per heavy atom. The van der Waals surface area contributed by atoms with E-state index in [1.165, 1.54) is 6.33 Å². The molecule has 1 fully saturated rings. The molecule has 7 heteroatoms. The van der Waals surface area contributed by atoms with Crippen molar-refractivity contribution >= 4 is 12.0 Å². The summed E-state index contributed by atoms with van der Waals surface area (Å²) in [6.07, 6.45) is 4.89. The van der Waals surface area contributed by atoms with Gasteiger partial charge in [-0.15, -0.1) is 0 Å². The van der Waals surface area contributed by atoms with Crippen molar-refractivity contribution in [1.82, 2.24) is 20.2 Å². The van der Waals surface area contributed by atoms with Crippen LogP contribution in [0.15, 0.2) is 18.6 Å². The number of aliphatic carboxylic acids is 1. The summed E-state index contributed by atoms with van der Waals surface area (Å²) in [6, 6.07) is 1.67. The van der Waals surface area contributed by atoms with Crippen LogP contribution < -0.4 is 5.32 Å². The molecule has 2 rings (SSSR count). The minimum Gasteiger partial charge on any atom is -0.481 e. The molecule has 0 spiro atoms. The maximum atomic E-state index is 12.0. The van der Waals surface area contributed by atoms with Gasteiger partial charge in [0.05, 0.1) is 18.7 Å². The Hall–Kier alpha value is -2.18. The zero-order valence-corrected chi connectivity index (χ0v) is 10.5. The van der Waals surface area contributed by atoms with E-state index in [9.17, 15) is 9.59 Å². The van der Waals surface area contributed by atoms with Crippen molar-refractivity contribution in [2.45, 2.75) is 31.8 Å². The molecule has 0 atom stereocenters. The molecule has 0 bridgehead atoms. The van der Waals surface area contributed by atoms with Crippen molar-refractivity contribution in [2.24, 2.45) is 0 Å². The number of amides is 2. The summed E-state index contributed by atoms with van der Waals surface area (Å²) in [4.78, 5) is 32.0. The molecule has 1 aliphatic rings. The fourth-order valence-electron chi connectivity index (χ4n) is 1.74. The monoisotopic (exact) mass is 264 g/mol. The molecular formula is C12H16N4O3. The maximum Gasteiger partial charge on any atom is 0.317 e. The molecule has 0 radical (unpaired) electrons. The lowest BCUT2D eigenvalue weighted by molar-refractivity contribution is -0.137. The highest BCUT2D eigenvalue weighted by atomic mass is 16.4. The van der Waals surface area contributed by atoms with Crippen LogP contribution in [0.25, 0.3) is 0 Å². The number of carboxylic acids is 1. The van der Waals surface area contributed by atoms with E-state index >= 15 is 0 Å². The van der Waals surface area contributed by atoms with Crippen molar-refractivity contribution in [3.05, 3.63) is 24.3 Å². The number of hydrogen-bond donors (Lipinski definition) is 2. The zero-order valence-electron chi connectivity index (χ0n) is 10.5. The third kappa shape index (κ3) is 4.20. The predicted octanol–water partition coefficient (Wildman–Crippen LogP) is 0.625. The van der Waals surface area contributed by atoms with Crippen LogP contribution in [0.5, 0.6) is 0 Å². The lowest BCUT2D eigenvalue weighted by Gasteiger charge is -2.21. The summed E-state index contributed by atoms with van der Waals surface area (Å²) < 4.78 is 0. The first-order valence-electron chi connectivity index (χ1n) is 6.18. The molecule has 0 aliphatic heterocycles. The second-order valence-electron chi connectivity index (χ2n) is 4.43. The molecule has 0 unspecified atom stereocenters. The van der Waals surface area contributed by atoms with Crippen LogP contribution in [-0.2, 0) is 11.3 Å². The van der Waals surface area contributed by atoms with Gasteiger partial charge in [0.15, 0.2) is 0 Å². The number of carboxylic acid groups (broad SMARTS) is 1. The largest absolute Gasteiger partial charge is 0.481 e. The Bertz CT molecular complexity index is 448. The van der Waals surface area contributed by atoms with Gasteiger partial charge in [0.25, 0.3) is 0 Å². The SMILES string of the molecule is O=C(O)CCN(C(=O)NCc1ccncn1)C1CC1. The molecule has 19 heavy (non-hydrogen) atoms. The van der Waals surface area contributed by atoms with Crippen LogP contribution in [0.2, 0.25) is 0 Å². The van der Waals surface area contributed by atoms with Crippen molar-refractivity contribution in [1.29, 1.82) is 0 Å². The van der Waals surface area contributed by atoms with Gasteiger partial charge < -0.3 is 15.3 Å². The van der Waals surface area contributed by atoms with Crippen LogP contribution in [-0.4, -0.2) is 44.6 Å². The minimum absolute atomic E-state index is 0.0303. The van der Waals surface area contributed by atoms with Crippen LogP contribution in [0.4, 0.5) is 4.79 Å². The molecular weight excluding hydrogens is 248 g/mol. The number of carbonyl (C=O) groups is 2. The maximum absolute atomic E-state index is 12.0. The number of nitrogens with one attached hydrogen (secondary N) is 1. The van der Waals surface area contributed by atoms with Gasteiger partial charge in [-0.2, -0.15) is 0 Å². The number of carbonyl (C=O) groups excluding carboxylic acids is 1. The first-order valence-corrected chi connectivity index (χ1v) is 6.18. The Morgan fingerprint density at radius 3 is 2.84 bits per heavy atom. The number of hydrogen-bond acceptors (Lipinski definition) is 4. The highest BCUT2D eigenvalue weighted by Crippen LogP contribution is 2.26. The number of nitrogens with zero attached hydrogens (tertiary/aromatic N) is 3. The second-order valence-corrected chi connectivity index (χ2v) is 4.43. The molecule has 0 aromatic carbocycles. The highest BCUT2D eigenvalue weighted by molar-refractivity contribution is 5.76. The standard InChI is InChI=1S/C12H16N4O3/c17-11(18)4-6-16(10-1-2-10)12(19)14-7-9-3-5-13-8-15-9/h3,5,8,10H,1-2,4,6-7H2,(H,14,19)(H,17,18). The van der Waals surface area contributed by atoms with E-state index in [2.05, 4.69) is 15.3 Å². The van der Waals surface area contributed by atoms with Crippen molar-refractivity contribution < 1.29 is 14.7 Å². The fourth-order valence-corrected chi connectivity index (χ4v) is 1.74. The van der Waals surface area contributed by atoms with Crippen molar-refractivity contribution in [2.75, 3.05) is 6.54 Å². The smallest absolute Gasteiger partial charge is 0.317 e. The average molecular weight is 264 g/mol. The molecule has 1 aromatic rings. The fraction of sp³-hybridized carbons (Fsp3) is 0.500. The number of urea groups is 1. The Kier molecular flexibility index (Phi) is 4.27. The number of aromatic nitrogens is 2. The van der Waals surface area contributed by atoms with Crippen LogP contribution in [0.1, 0.15) is 25.0 Å². The van der Waals surface area contributed by atoms with E-state index in [0.29, 0.717) is 6.54 Å². The van der Waals surface area contributed by atoms with Gasteiger partial charge in [-0.1, -0.05) is 0 Å².